The number of rotatable bonds is 3. The van der Waals surface area contributed by atoms with Gasteiger partial charge >= 0.3 is 0 Å². The van der Waals surface area contributed by atoms with Crippen LogP contribution in [0.2, 0.25) is 0 Å². The Bertz CT molecular complexity index is 726. The van der Waals surface area contributed by atoms with Crippen molar-refractivity contribution in [2.24, 2.45) is 0 Å². The fraction of sp³-hybridized carbons (Fsp3) is 0.478. The molecule has 1 fully saturated rings. The van der Waals surface area contributed by atoms with Crippen molar-refractivity contribution < 1.29 is 4.74 Å². The van der Waals surface area contributed by atoms with E-state index < -0.39 is 0 Å². The minimum absolute atomic E-state index is 0.0863. The Morgan fingerprint density at radius 3 is 2.32 bits per heavy atom. The van der Waals surface area contributed by atoms with Crippen LogP contribution in [0.3, 0.4) is 0 Å². The van der Waals surface area contributed by atoms with E-state index in [1.165, 1.54) is 48.2 Å². The van der Waals surface area contributed by atoms with E-state index in [0.717, 1.165) is 31.6 Å². The minimum atomic E-state index is 0.0863. The molecule has 4 rings (SSSR count). The van der Waals surface area contributed by atoms with Gasteiger partial charge in [0.2, 0.25) is 0 Å². The maximum absolute atomic E-state index is 6.55. The number of aryl methyl sites for hydroxylation is 2. The van der Waals surface area contributed by atoms with Crippen molar-refractivity contribution >= 4 is 0 Å². The SMILES string of the molecule is CCc1ccc(-c2ccc3c(c2)CCC2(CCN(CC)CC2)O3)cc1. The largest absolute Gasteiger partial charge is 0.487 e. The number of ether oxygens (including phenoxy) is 1. The van der Waals surface area contributed by atoms with E-state index in [1.54, 1.807) is 0 Å². The molecule has 0 unspecified atom stereocenters. The molecule has 0 radical (unpaired) electrons. The summed E-state index contributed by atoms with van der Waals surface area (Å²) in [5.41, 5.74) is 5.47. The molecule has 2 aliphatic rings. The number of hydrogen-bond donors (Lipinski definition) is 0. The first-order valence-corrected chi connectivity index (χ1v) is 9.85. The first-order chi connectivity index (χ1) is 12.2. The molecule has 0 aliphatic carbocycles. The van der Waals surface area contributed by atoms with Gasteiger partial charge in [-0.2, -0.15) is 0 Å². The lowest BCUT2D eigenvalue weighted by Crippen LogP contribution is -2.49. The highest BCUT2D eigenvalue weighted by molar-refractivity contribution is 5.66. The maximum atomic E-state index is 6.55. The zero-order valence-electron chi connectivity index (χ0n) is 15.6. The van der Waals surface area contributed by atoms with E-state index in [9.17, 15) is 0 Å². The normalized spacial score (nSPS) is 19.4. The second-order valence-electron chi connectivity index (χ2n) is 7.59. The Hall–Kier alpha value is -1.80. The van der Waals surface area contributed by atoms with Gasteiger partial charge in [0.15, 0.2) is 0 Å². The highest BCUT2D eigenvalue weighted by Gasteiger charge is 2.39. The summed E-state index contributed by atoms with van der Waals surface area (Å²) in [6, 6.07) is 15.7. The molecule has 2 aromatic rings. The molecular weight excluding hydrogens is 306 g/mol. The molecule has 1 spiro atoms. The smallest absolute Gasteiger partial charge is 0.123 e. The highest BCUT2D eigenvalue weighted by Crippen LogP contribution is 2.40. The van der Waals surface area contributed by atoms with Crippen LogP contribution in [0.4, 0.5) is 0 Å². The summed E-state index contributed by atoms with van der Waals surface area (Å²) in [5.74, 6) is 1.12. The van der Waals surface area contributed by atoms with Crippen molar-refractivity contribution in [1.29, 1.82) is 0 Å². The number of benzene rings is 2. The third-order valence-electron chi connectivity index (χ3n) is 6.15. The monoisotopic (exact) mass is 335 g/mol. The van der Waals surface area contributed by atoms with Crippen LogP contribution in [0.25, 0.3) is 11.1 Å². The predicted molar refractivity (Wildman–Crippen MR) is 104 cm³/mol. The fourth-order valence-electron chi connectivity index (χ4n) is 4.26. The van der Waals surface area contributed by atoms with Crippen LogP contribution in [0.5, 0.6) is 5.75 Å². The van der Waals surface area contributed by atoms with E-state index in [2.05, 4.69) is 61.2 Å². The molecule has 2 nitrogen and oxygen atoms in total. The van der Waals surface area contributed by atoms with Crippen molar-refractivity contribution in [2.45, 2.75) is 51.6 Å². The van der Waals surface area contributed by atoms with Gasteiger partial charge in [0, 0.05) is 13.1 Å². The van der Waals surface area contributed by atoms with Gasteiger partial charge in [-0.3, -0.25) is 0 Å². The highest BCUT2D eigenvalue weighted by atomic mass is 16.5. The van der Waals surface area contributed by atoms with E-state index in [4.69, 9.17) is 4.74 Å². The summed E-state index contributed by atoms with van der Waals surface area (Å²) in [5, 5.41) is 0. The number of likely N-dealkylation sites (tertiary alicyclic amines) is 1. The second kappa shape index (κ2) is 6.84. The van der Waals surface area contributed by atoms with E-state index >= 15 is 0 Å². The molecule has 0 atom stereocenters. The number of nitrogens with zero attached hydrogens (tertiary/aromatic N) is 1. The first kappa shape index (κ1) is 16.7. The summed E-state index contributed by atoms with van der Waals surface area (Å²) in [6.45, 7) is 7.96. The van der Waals surface area contributed by atoms with Gasteiger partial charge < -0.3 is 9.64 Å². The van der Waals surface area contributed by atoms with Crippen molar-refractivity contribution in [3.05, 3.63) is 53.6 Å². The minimum Gasteiger partial charge on any atom is -0.487 e. The Morgan fingerprint density at radius 2 is 1.64 bits per heavy atom. The van der Waals surface area contributed by atoms with Crippen LogP contribution in [0, 0.1) is 0 Å². The number of hydrogen-bond acceptors (Lipinski definition) is 2. The topological polar surface area (TPSA) is 12.5 Å². The molecule has 2 heterocycles. The standard InChI is InChI=1S/C23H29NO/c1-3-18-5-7-19(8-6-18)20-9-10-22-21(17-20)11-12-23(25-22)13-15-24(4-2)16-14-23/h5-10,17H,3-4,11-16H2,1-2H3. The van der Waals surface area contributed by atoms with Gasteiger partial charge in [0.1, 0.15) is 11.4 Å². The summed E-state index contributed by atoms with van der Waals surface area (Å²) in [4.78, 5) is 2.53. The fourth-order valence-corrected chi connectivity index (χ4v) is 4.26. The van der Waals surface area contributed by atoms with Crippen molar-refractivity contribution in [1.82, 2.24) is 4.90 Å². The molecule has 0 N–H and O–H groups in total. The van der Waals surface area contributed by atoms with Gasteiger partial charge in [-0.25, -0.2) is 0 Å². The van der Waals surface area contributed by atoms with Crippen LogP contribution in [0.1, 0.15) is 44.2 Å². The first-order valence-electron chi connectivity index (χ1n) is 9.85. The molecule has 0 aromatic heterocycles. The van der Waals surface area contributed by atoms with Gasteiger partial charge in [-0.1, -0.05) is 44.2 Å². The molecule has 1 saturated heterocycles. The number of piperidine rings is 1. The van der Waals surface area contributed by atoms with Crippen LogP contribution >= 0.6 is 0 Å². The van der Waals surface area contributed by atoms with Crippen LogP contribution < -0.4 is 4.74 Å². The molecule has 0 saturated carbocycles. The Labute approximate surface area is 151 Å². The summed E-state index contributed by atoms with van der Waals surface area (Å²) >= 11 is 0. The lowest BCUT2D eigenvalue weighted by atomic mass is 9.82. The predicted octanol–water partition coefficient (Wildman–Crippen LogP) is 5.10. The summed E-state index contributed by atoms with van der Waals surface area (Å²) < 4.78 is 6.55. The zero-order chi connectivity index (χ0) is 17.3. The molecule has 25 heavy (non-hydrogen) atoms. The van der Waals surface area contributed by atoms with Gasteiger partial charge in [-0.15, -0.1) is 0 Å². The lowest BCUT2D eigenvalue weighted by Gasteiger charge is -2.44. The molecule has 2 aromatic carbocycles. The summed E-state index contributed by atoms with van der Waals surface area (Å²) in [7, 11) is 0. The van der Waals surface area contributed by atoms with Crippen LogP contribution in [-0.4, -0.2) is 30.1 Å². The average Bonchev–Trinajstić information content (AvgIpc) is 2.68. The van der Waals surface area contributed by atoms with Crippen LogP contribution in [0.15, 0.2) is 42.5 Å². The van der Waals surface area contributed by atoms with E-state index in [0.29, 0.717) is 0 Å². The molecule has 2 heteroatoms. The lowest BCUT2D eigenvalue weighted by molar-refractivity contribution is -0.0132. The third kappa shape index (κ3) is 3.32. The molecule has 2 aliphatic heterocycles. The molecular formula is C23H29NO. The van der Waals surface area contributed by atoms with Crippen molar-refractivity contribution in [3.8, 4) is 16.9 Å². The Morgan fingerprint density at radius 1 is 0.920 bits per heavy atom. The van der Waals surface area contributed by atoms with Crippen molar-refractivity contribution in [2.75, 3.05) is 19.6 Å². The molecule has 0 bridgehead atoms. The average molecular weight is 335 g/mol. The Kier molecular flexibility index (Phi) is 4.56. The molecule has 0 amide bonds. The third-order valence-corrected chi connectivity index (χ3v) is 6.15. The quantitative estimate of drug-likeness (QED) is 0.774. The van der Waals surface area contributed by atoms with Crippen LogP contribution in [-0.2, 0) is 12.8 Å². The second-order valence-corrected chi connectivity index (χ2v) is 7.59. The van der Waals surface area contributed by atoms with E-state index in [1.807, 2.05) is 0 Å². The summed E-state index contributed by atoms with van der Waals surface area (Å²) in [6.07, 6.45) is 5.73. The van der Waals surface area contributed by atoms with Crippen molar-refractivity contribution in [3.63, 3.8) is 0 Å². The van der Waals surface area contributed by atoms with E-state index in [-0.39, 0.29) is 5.60 Å². The Balaban J connectivity index is 1.53. The molecule has 132 valence electrons. The van der Waals surface area contributed by atoms with Gasteiger partial charge in [0.25, 0.3) is 0 Å². The number of fused-ring (bicyclic) bond motifs is 1. The maximum Gasteiger partial charge on any atom is 0.123 e. The van der Waals surface area contributed by atoms with Gasteiger partial charge in [0.05, 0.1) is 0 Å². The van der Waals surface area contributed by atoms with Gasteiger partial charge in [-0.05, 0) is 73.0 Å². The zero-order valence-corrected chi connectivity index (χ0v) is 15.6.